The topological polar surface area (TPSA) is 109 Å². The second-order valence-corrected chi connectivity index (χ2v) is 5.36. The fourth-order valence-electron chi connectivity index (χ4n) is 1.97. The number of hydrogen-bond acceptors (Lipinski definition) is 6. The number of hydrogen-bond donors (Lipinski definition) is 1. The summed E-state index contributed by atoms with van der Waals surface area (Å²) in [6.07, 6.45) is 1.07. The maximum absolute atomic E-state index is 12.3. The minimum Gasteiger partial charge on any atom is -0.475 e. The van der Waals surface area contributed by atoms with Gasteiger partial charge in [-0.1, -0.05) is 11.6 Å². The highest BCUT2D eigenvalue weighted by molar-refractivity contribution is 6.32. The number of benzene rings is 1. The Morgan fingerprint density at radius 2 is 2.15 bits per heavy atom. The quantitative estimate of drug-likeness (QED) is 0.574. The Kier molecular flexibility index (Phi) is 5.93. The molecule has 0 radical (unpaired) electrons. The first-order valence-electron chi connectivity index (χ1n) is 7.05. The molecule has 0 aliphatic carbocycles. The highest BCUT2D eigenvalue weighted by Crippen LogP contribution is 2.30. The van der Waals surface area contributed by atoms with Crippen molar-refractivity contribution in [2.45, 2.75) is 19.6 Å². The number of carbonyl (C=O) groups is 1. The molecule has 9 nitrogen and oxygen atoms in total. The number of aromatic nitrogens is 2. The van der Waals surface area contributed by atoms with Gasteiger partial charge in [-0.05, 0) is 25.1 Å². The van der Waals surface area contributed by atoms with E-state index in [1.165, 1.54) is 32.2 Å². The number of amides is 1. The number of ether oxygens (including phenoxy) is 2. The highest BCUT2D eigenvalue weighted by atomic mass is 35.5. The molecule has 1 heterocycles. The number of nitrogens with zero attached hydrogens (tertiary/aromatic N) is 3. The SMILES string of the molecule is COc1nn(C(C)C(=O)Nc2ccc(OC(F)F)c(Cl)c2)cc1[N+](=O)[O-]. The molecule has 140 valence electrons. The lowest BCUT2D eigenvalue weighted by Crippen LogP contribution is -2.24. The van der Waals surface area contributed by atoms with Crippen LogP contribution in [0.4, 0.5) is 20.2 Å². The molecule has 12 heteroatoms. The van der Waals surface area contributed by atoms with Crippen LogP contribution in [0.5, 0.6) is 11.6 Å². The van der Waals surface area contributed by atoms with Crippen molar-refractivity contribution in [3.63, 3.8) is 0 Å². The zero-order chi connectivity index (χ0) is 19.4. The maximum Gasteiger partial charge on any atom is 0.387 e. The zero-order valence-electron chi connectivity index (χ0n) is 13.5. The molecule has 2 rings (SSSR count). The van der Waals surface area contributed by atoms with Gasteiger partial charge in [-0.25, -0.2) is 4.68 Å². The summed E-state index contributed by atoms with van der Waals surface area (Å²) in [4.78, 5) is 22.5. The smallest absolute Gasteiger partial charge is 0.387 e. The Hall–Kier alpha value is -2.95. The van der Waals surface area contributed by atoms with Gasteiger partial charge in [-0.3, -0.25) is 14.9 Å². The number of halogens is 3. The Morgan fingerprint density at radius 3 is 2.65 bits per heavy atom. The van der Waals surface area contributed by atoms with Crippen LogP contribution in [0.25, 0.3) is 0 Å². The van der Waals surface area contributed by atoms with Gasteiger partial charge in [-0.15, -0.1) is 5.10 Å². The molecule has 0 bridgehead atoms. The molecule has 0 aliphatic rings. The zero-order valence-corrected chi connectivity index (χ0v) is 14.2. The van der Waals surface area contributed by atoms with E-state index in [1.807, 2.05) is 0 Å². The molecule has 1 aromatic carbocycles. The summed E-state index contributed by atoms with van der Waals surface area (Å²) in [5.41, 5.74) is -0.161. The minimum atomic E-state index is -3.03. The van der Waals surface area contributed by atoms with Crippen LogP contribution in [-0.2, 0) is 4.79 Å². The van der Waals surface area contributed by atoms with Gasteiger partial charge < -0.3 is 14.8 Å². The number of rotatable bonds is 7. The molecule has 0 saturated heterocycles. The molecule has 0 aliphatic heterocycles. The monoisotopic (exact) mass is 390 g/mol. The first-order chi connectivity index (χ1) is 12.2. The van der Waals surface area contributed by atoms with Crippen molar-refractivity contribution < 1.29 is 28.0 Å². The van der Waals surface area contributed by atoms with E-state index in [-0.39, 0.29) is 28.0 Å². The largest absolute Gasteiger partial charge is 0.475 e. The Bertz CT molecular complexity index is 830. The van der Waals surface area contributed by atoms with Crippen molar-refractivity contribution in [3.8, 4) is 11.6 Å². The summed E-state index contributed by atoms with van der Waals surface area (Å²) in [5, 5.41) is 17.1. The van der Waals surface area contributed by atoms with E-state index in [4.69, 9.17) is 16.3 Å². The van der Waals surface area contributed by atoms with Gasteiger partial charge in [0.1, 0.15) is 18.0 Å². The molecule has 0 spiro atoms. The predicted molar refractivity (Wildman–Crippen MR) is 86.9 cm³/mol. The van der Waals surface area contributed by atoms with Crippen molar-refractivity contribution >= 4 is 28.9 Å². The van der Waals surface area contributed by atoms with Gasteiger partial charge in [0.05, 0.1) is 17.1 Å². The second kappa shape index (κ2) is 7.95. The summed E-state index contributed by atoms with van der Waals surface area (Å²) < 4.78 is 34.5. The molecular weight excluding hydrogens is 378 g/mol. The van der Waals surface area contributed by atoms with Gasteiger partial charge in [0.25, 0.3) is 0 Å². The van der Waals surface area contributed by atoms with Crippen molar-refractivity contribution in [1.29, 1.82) is 0 Å². The third-order valence-corrected chi connectivity index (χ3v) is 3.56. The summed E-state index contributed by atoms with van der Waals surface area (Å²) in [6, 6.07) is 2.81. The molecule has 1 N–H and O–H groups in total. The van der Waals surface area contributed by atoms with Crippen molar-refractivity contribution in [2.24, 2.45) is 0 Å². The number of nitro groups is 1. The van der Waals surface area contributed by atoms with Gasteiger partial charge in [-0.2, -0.15) is 8.78 Å². The minimum absolute atomic E-state index is 0.118. The van der Waals surface area contributed by atoms with E-state index in [1.54, 1.807) is 0 Å². The van der Waals surface area contributed by atoms with Crippen LogP contribution < -0.4 is 14.8 Å². The third-order valence-electron chi connectivity index (χ3n) is 3.26. The van der Waals surface area contributed by atoms with Crippen LogP contribution in [0.2, 0.25) is 5.02 Å². The van der Waals surface area contributed by atoms with Gasteiger partial charge in [0.15, 0.2) is 0 Å². The van der Waals surface area contributed by atoms with Crippen LogP contribution in [0.15, 0.2) is 24.4 Å². The normalized spacial score (nSPS) is 11.9. The average molecular weight is 391 g/mol. The number of carbonyl (C=O) groups excluding carboxylic acids is 1. The molecule has 1 aromatic heterocycles. The first-order valence-corrected chi connectivity index (χ1v) is 7.43. The maximum atomic E-state index is 12.3. The Morgan fingerprint density at radius 1 is 1.46 bits per heavy atom. The Balaban J connectivity index is 2.14. The van der Waals surface area contributed by atoms with Crippen molar-refractivity contribution in [2.75, 3.05) is 12.4 Å². The van der Waals surface area contributed by atoms with Crippen LogP contribution >= 0.6 is 11.6 Å². The third kappa shape index (κ3) is 4.36. The summed E-state index contributed by atoms with van der Waals surface area (Å²) in [6.45, 7) is -1.57. The fourth-order valence-corrected chi connectivity index (χ4v) is 2.20. The van der Waals surface area contributed by atoms with Crippen molar-refractivity contribution in [1.82, 2.24) is 9.78 Å². The van der Waals surface area contributed by atoms with Gasteiger partial charge >= 0.3 is 18.2 Å². The lowest BCUT2D eigenvalue weighted by atomic mass is 10.2. The van der Waals surface area contributed by atoms with E-state index >= 15 is 0 Å². The lowest BCUT2D eigenvalue weighted by Gasteiger charge is -2.13. The summed E-state index contributed by atoms with van der Waals surface area (Å²) in [7, 11) is 1.22. The molecule has 1 unspecified atom stereocenters. The van der Waals surface area contributed by atoms with Crippen LogP contribution in [-0.4, -0.2) is 34.3 Å². The molecule has 0 saturated carbocycles. The molecule has 0 fully saturated rings. The molecule has 1 atom stereocenters. The van der Waals surface area contributed by atoms with E-state index in [2.05, 4.69) is 15.2 Å². The van der Waals surface area contributed by atoms with E-state index in [9.17, 15) is 23.7 Å². The van der Waals surface area contributed by atoms with Crippen molar-refractivity contribution in [3.05, 3.63) is 39.5 Å². The fraction of sp³-hybridized carbons (Fsp3) is 0.286. The molecule has 1 amide bonds. The summed E-state index contributed by atoms with van der Waals surface area (Å²) >= 11 is 5.81. The average Bonchev–Trinajstić information content (AvgIpc) is 3.01. The molecular formula is C14H13ClF2N4O5. The molecule has 26 heavy (non-hydrogen) atoms. The molecule has 2 aromatic rings. The standard InChI is InChI=1S/C14H13ClF2N4O5/c1-7(20-6-10(21(23)24)13(19-20)25-2)12(22)18-8-3-4-11(9(15)5-8)26-14(16)17/h3-7,14H,1-2H3,(H,18,22). The van der Waals surface area contributed by atoms with Gasteiger partial charge in [0, 0.05) is 5.69 Å². The number of methoxy groups -OCH3 is 1. The van der Waals surface area contributed by atoms with Crippen LogP contribution in [0.1, 0.15) is 13.0 Å². The number of alkyl halides is 2. The summed E-state index contributed by atoms with van der Waals surface area (Å²) in [5.74, 6) is -1.03. The van der Waals surface area contributed by atoms with Crippen LogP contribution in [0, 0.1) is 10.1 Å². The lowest BCUT2D eigenvalue weighted by molar-refractivity contribution is -0.385. The Labute approximate surface area is 150 Å². The first kappa shape index (κ1) is 19.4. The van der Waals surface area contributed by atoms with E-state index in [0.29, 0.717) is 0 Å². The van der Waals surface area contributed by atoms with E-state index in [0.717, 1.165) is 10.9 Å². The number of nitrogens with one attached hydrogen (secondary N) is 1. The van der Waals surface area contributed by atoms with E-state index < -0.39 is 23.5 Å². The van der Waals surface area contributed by atoms with Gasteiger partial charge in [0.2, 0.25) is 5.91 Å². The highest BCUT2D eigenvalue weighted by Gasteiger charge is 2.25. The number of anilines is 1. The second-order valence-electron chi connectivity index (χ2n) is 4.95. The van der Waals surface area contributed by atoms with Crippen LogP contribution in [0.3, 0.4) is 0 Å². The predicted octanol–water partition coefficient (Wildman–Crippen LogP) is 3.25.